The lowest BCUT2D eigenvalue weighted by Gasteiger charge is -2.49. The number of hydrogen-bond acceptors (Lipinski definition) is 18. The highest BCUT2D eigenvalue weighted by molar-refractivity contribution is 5.71. The summed E-state index contributed by atoms with van der Waals surface area (Å²) >= 11 is 0. The fourth-order valence-corrected chi connectivity index (χ4v) is 5.05. The molecule has 2 spiro atoms. The summed E-state index contributed by atoms with van der Waals surface area (Å²) in [6, 6.07) is 0. The lowest BCUT2D eigenvalue weighted by Crippen LogP contribution is -2.59. The van der Waals surface area contributed by atoms with Gasteiger partial charge in [-0.25, -0.2) is 9.59 Å². The van der Waals surface area contributed by atoms with Gasteiger partial charge in [-0.05, 0) is 6.42 Å². The number of carbonyl (C=O) groups is 2. The number of methoxy groups -OCH3 is 3. The number of rotatable bonds is 18. The monoisotopic (exact) mass is 772 g/mol. The van der Waals surface area contributed by atoms with E-state index in [-0.39, 0.29) is 52.5 Å². The van der Waals surface area contributed by atoms with E-state index >= 15 is 0 Å². The summed E-state index contributed by atoms with van der Waals surface area (Å²) < 4.78 is 87.5. The van der Waals surface area contributed by atoms with E-state index in [1.807, 2.05) is 13.8 Å². The van der Waals surface area contributed by atoms with E-state index in [0.717, 1.165) is 13.0 Å². The van der Waals surface area contributed by atoms with Crippen LogP contribution in [-0.4, -0.2) is 156 Å². The van der Waals surface area contributed by atoms with Gasteiger partial charge in [-0.15, -0.1) is 0 Å². The van der Waals surface area contributed by atoms with Gasteiger partial charge in [0.2, 0.25) is 0 Å². The van der Waals surface area contributed by atoms with Gasteiger partial charge in [0.1, 0.15) is 19.8 Å². The Balaban J connectivity index is 0.000000369. The number of carbonyl (C=O) groups excluding carboxylic acids is 2. The van der Waals surface area contributed by atoms with Crippen LogP contribution < -0.4 is 0 Å². The molecule has 0 aromatic rings. The summed E-state index contributed by atoms with van der Waals surface area (Å²) in [7, 11) is 4.44. The molecule has 0 atom stereocenters. The number of esters is 2. The molecular weight excluding hydrogens is 708 g/mol. The van der Waals surface area contributed by atoms with Crippen molar-refractivity contribution in [1.29, 1.82) is 0 Å². The number of hydrogen-bond donors (Lipinski definition) is 0. The Kier molecular flexibility index (Phi) is 19.9. The highest BCUT2D eigenvalue weighted by Crippen LogP contribution is 2.39. The second-order valence-electron chi connectivity index (χ2n) is 13.1. The molecular formula is C35H64O18. The summed E-state index contributed by atoms with van der Waals surface area (Å²) in [5, 5.41) is 0. The van der Waals surface area contributed by atoms with Crippen molar-refractivity contribution >= 4 is 11.9 Å². The lowest BCUT2D eigenvalue weighted by molar-refractivity contribution is -0.459. The normalized spacial score (nSPS) is 34.1. The molecule has 0 N–H and O–H groups in total. The fourth-order valence-electron chi connectivity index (χ4n) is 5.05. The summed E-state index contributed by atoms with van der Waals surface area (Å²) in [6.07, 6.45) is 1.96. The molecule has 4 aliphatic heterocycles. The first-order valence-electron chi connectivity index (χ1n) is 17.7. The van der Waals surface area contributed by atoms with Gasteiger partial charge in [0, 0.05) is 54.6 Å². The van der Waals surface area contributed by atoms with Crippen molar-refractivity contribution in [2.75, 3.05) is 120 Å². The van der Waals surface area contributed by atoms with E-state index in [0.29, 0.717) is 65.7 Å². The molecule has 0 amide bonds. The summed E-state index contributed by atoms with van der Waals surface area (Å²) in [5.74, 6) is -5.59. The standard InChI is InChI=1S/C18H30O11.C16H30O7.CH4/c1-5-18(25-9-15(20)24-7-6-23-14(19)8-21-3)28-12-17(13-29-18)10-26-16(2,22-4)27-11-17;1-5-7-18-8-9-19-16(6-2)22-12-15(13-23-16)10-20-14(3,17-4)21-11-15;/h5-13H2,1-4H3;5-13H2,1-4H3;1H4. The molecule has 0 aliphatic carbocycles. The van der Waals surface area contributed by atoms with Crippen LogP contribution in [0.3, 0.4) is 0 Å². The summed E-state index contributed by atoms with van der Waals surface area (Å²) in [6.45, 7) is 13.3. The van der Waals surface area contributed by atoms with Crippen LogP contribution in [0.5, 0.6) is 0 Å². The van der Waals surface area contributed by atoms with Crippen LogP contribution in [0.15, 0.2) is 0 Å². The van der Waals surface area contributed by atoms with Crippen molar-refractivity contribution in [2.24, 2.45) is 10.8 Å². The second kappa shape index (κ2) is 22.2. The van der Waals surface area contributed by atoms with E-state index < -0.39 is 41.2 Å². The third kappa shape index (κ3) is 14.4. The molecule has 0 bridgehead atoms. The molecule has 18 heteroatoms. The average molecular weight is 773 g/mol. The Bertz CT molecular complexity index is 1040. The predicted molar refractivity (Wildman–Crippen MR) is 183 cm³/mol. The molecule has 53 heavy (non-hydrogen) atoms. The average Bonchev–Trinajstić information content (AvgIpc) is 3.17. The van der Waals surface area contributed by atoms with E-state index in [1.54, 1.807) is 21.0 Å². The van der Waals surface area contributed by atoms with Crippen molar-refractivity contribution in [1.82, 2.24) is 0 Å². The SMILES string of the molecule is C.CCC1(OCC(=O)OCCOC(=O)COC)OCC2(COC(C)(OC)OC2)CO1.CCCOCCOC1(CC)OCC2(COC(C)(OC)OC2)CO1. The molecule has 4 fully saturated rings. The zero-order valence-corrected chi connectivity index (χ0v) is 32.1. The molecule has 4 rings (SSSR count). The molecule has 0 radical (unpaired) electrons. The maximum Gasteiger partial charge on any atom is 0.332 e. The fraction of sp³-hybridized carbons (Fsp3) is 0.943. The lowest BCUT2D eigenvalue weighted by atomic mass is 9.90. The Morgan fingerprint density at radius 1 is 0.528 bits per heavy atom. The van der Waals surface area contributed by atoms with Gasteiger partial charge >= 0.3 is 11.9 Å². The van der Waals surface area contributed by atoms with E-state index in [2.05, 4.69) is 11.7 Å². The molecule has 0 saturated carbocycles. The van der Waals surface area contributed by atoms with Crippen LogP contribution in [0.4, 0.5) is 0 Å². The van der Waals surface area contributed by atoms with Crippen LogP contribution >= 0.6 is 0 Å². The largest absolute Gasteiger partial charge is 0.460 e. The molecule has 18 nitrogen and oxygen atoms in total. The molecule has 4 aliphatic rings. The maximum atomic E-state index is 11.8. The first-order chi connectivity index (χ1) is 24.8. The first-order valence-corrected chi connectivity index (χ1v) is 17.7. The zero-order chi connectivity index (χ0) is 38.2. The smallest absolute Gasteiger partial charge is 0.332 e. The van der Waals surface area contributed by atoms with Gasteiger partial charge in [-0.1, -0.05) is 28.2 Å². The van der Waals surface area contributed by atoms with Crippen LogP contribution in [-0.2, 0) is 85.4 Å². The van der Waals surface area contributed by atoms with E-state index in [9.17, 15) is 9.59 Å². The Hall–Kier alpha value is -1.62. The minimum atomic E-state index is -1.35. The third-order valence-electron chi connectivity index (χ3n) is 8.74. The van der Waals surface area contributed by atoms with Crippen LogP contribution in [0.25, 0.3) is 0 Å². The van der Waals surface area contributed by atoms with Crippen molar-refractivity contribution in [3.63, 3.8) is 0 Å². The highest BCUT2D eigenvalue weighted by Gasteiger charge is 2.51. The first kappa shape index (κ1) is 47.5. The molecule has 0 aromatic carbocycles. The molecule has 0 aromatic heterocycles. The third-order valence-corrected chi connectivity index (χ3v) is 8.74. The van der Waals surface area contributed by atoms with Crippen molar-refractivity contribution in [3.8, 4) is 0 Å². The second-order valence-corrected chi connectivity index (χ2v) is 13.1. The van der Waals surface area contributed by atoms with Gasteiger partial charge in [-0.2, -0.15) is 0 Å². The molecule has 4 saturated heterocycles. The van der Waals surface area contributed by atoms with Crippen molar-refractivity contribution in [3.05, 3.63) is 0 Å². The summed E-state index contributed by atoms with van der Waals surface area (Å²) in [5.41, 5.74) is -0.800. The maximum absolute atomic E-state index is 11.8. The van der Waals surface area contributed by atoms with Gasteiger partial charge < -0.3 is 75.8 Å². The topological polar surface area (TPSA) is 182 Å². The highest BCUT2D eigenvalue weighted by atomic mass is 16.9. The van der Waals surface area contributed by atoms with Gasteiger partial charge in [0.25, 0.3) is 23.9 Å². The van der Waals surface area contributed by atoms with Crippen molar-refractivity contribution in [2.45, 2.75) is 85.2 Å². The van der Waals surface area contributed by atoms with E-state index in [1.165, 1.54) is 14.2 Å². The van der Waals surface area contributed by atoms with Crippen LogP contribution in [0.1, 0.15) is 61.3 Å². The Morgan fingerprint density at radius 3 is 1.30 bits per heavy atom. The molecule has 4 heterocycles. The quantitative estimate of drug-likeness (QED) is 0.146. The number of ether oxygens (including phenoxy) is 16. The van der Waals surface area contributed by atoms with Gasteiger partial charge in [0.15, 0.2) is 6.61 Å². The minimum absolute atomic E-state index is 0. The zero-order valence-electron chi connectivity index (χ0n) is 32.1. The van der Waals surface area contributed by atoms with Crippen LogP contribution in [0, 0.1) is 10.8 Å². The summed E-state index contributed by atoms with van der Waals surface area (Å²) in [4.78, 5) is 22.9. The van der Waals surface area contributed by atoms with Crippen LogP contribution in [0.2, 0.25) is 0 Å². The Labute approximate surface area is 313 Å². The van der Waals surface area contributed by atoms with Crippen molar-refractivity contribution < 1.29 is 85.4 Å². The minimum Gasteiger partial charge on any atom is -0.460 e. The van der Waals surface area contributed by atoms with Gasteiger partial charge in [0.05, 0.1) is 76.9 Å². The molecule has 312 valence electrons. The van der Waals surface area contributed by atoms with Gasteiger partial charge in [-0.3, -0.25) is 0 Å². The molecule has 0 unspecified atom stereocenters. The van der Waals surface area contributed by atoms with E-state index in [4.69, 9.17) is 71.1 Å². The predicted octanol–water partition coefficient (Wildman–Crippen LogP) is 2.73. The Morgan fingerprint density at radius 2 is 0.925 bits per heavy atom.